The minimum Gasteiger partial charge on any atom is -0.370 e. The Morgan fingerprint density at radius 2 is 2.15 bits per heavy atom. The molecule has 5 nitrogen and oxygen atoms in total. The molecule has 0 aromatic carbocycles. The van der Waals surface area contributed by atoms with Gasteiger partial charge in [0.15, 0.2) is 5.96 Å². The van der Waals surface area contributed by atoms with E-state index in [2.05, 4.69) is 28.8 Å². The predicted molar refractivity (Wildman–Crippen MR) is 93.4 cm³/mol. The second kappa shape index (κ2) is 7.28. The van der Waals surface area contributed by atoms with E-state index in [0.29, 0.717) is 18.4 Å². The summed E-state index contributed by atoms with van der Waals surface area (Å²) < 4.78 is 1.90. The lowest BCUT2D eigenvalue weighted by atomic mass is 10.0. The molecule has 20 heavy (non-hydrogen) atoms. The van der Waals surface area contributed by atoms with E-state index in [0.717, 1.165) is 18.8 Å². The zero-order valence-electron chi connectivity index (χ0n) is 12.9. The molecule has 0 radical (unpaired) electrons. The van der Waals surface area contributed by atoms with E-state index < -0.39 is 0 Å². The van der Waals surface area contributed by atoms with Crippen molar-refractivity contribution in [2.75, 3.05) is 13.1 Å². The first-order valence-corrected chi connectivity index (χ1v) is 7.03. The van der Waals surface area contributed by atoms with Crippen LogP contribution in [0.2, 0.25) is 0 Å². The minimum absolute atomic E-state index is 0. The van der Waals surface area contributed by atoms with E-state index in [1.165, 1.54) is 24.1 Å². The summed E-state index contributed by atoms with van der Waals surface area (Å²) in [5.41, 5.74) is 9.52. The molecular formula is C14H26IN5. The smallest absolute Gasteiger partial charge is 0.191 e. The number of guanidine groups is 1. The summed E-state index contributed by atoms with van der Waals surface area (Å²) in [5, 5.41) is 4.41. The molecule has 1 atom stereocenters. The SMILES string of the molecule is Cc1nn(C)c(C)c1CN=C(N)N1CCCC(C)C1.I. The highest BCUT2D eigenvalue weighted by Crippen LogP contribution is 2.16. The third kappa shape index (κ3) is 3.86. The Morgan fingerprint density at radius 1 is 1.45 bits per heavy atom. The molecule has 1 saturated heterocycles. The lowest BCUT2D eigenvalue weighted by Crippen LogP contribution is -2.43. The van der Waals surface area contributed by atoms with E-state index in [1.807, 2.05) is 18.7 Å². The van der Waals surface area contributed by atoms with Crippen molar-refractivity contribution < 1.29 is 0 Å². The second-order valence-electron chi connectivity index (χ2n) is 5.64. The van der Waals surface area contributed by atoms with E-state index >= 15 is 0 Å². The molecule has 1 aromatic heterocycles. The van der Waals surface area contributed by atoms with E-state index in [4.69, 9.17) is 5.73 Å². The van der Waals surface area contributed by atoms with Gasteiger partial charge in [0.25, 0.3) is 0 Å². The normalized spacial score (nSPS) is 19.9. The number of hydrogen-bond acceptors (Lipinski definition) is 2. The number of hydrogen-bond donors (Lipinski definition) is 1. The van der Waals surface area contributed by atoms with Crippen molar-refractivity contribution in [2.45, 2.75) is 40.2 Å². The molecule has 0 spiro atoms. The molecule has 2 N–H and O–H groups in total. The molecule has 0 bridgehead atoms. The first kappa shape index (κ1) is 17.3. The lowest BCUT2D eigenvalue weighted by molar-refractivity contribution is 0.270. The number of rotatable bonds is 2. The van der Waals surface area contributed by atoms with Crippen molar-refractivity contribution in [1.29, 1.82) is 0 Å². The summed E-state index contributed by atoms with van der Waals surface area (Å²) in [6, 6.07) is 0. The quantitative estimate of drug-likeness (QED) is 0.478. The van der Waals surface area contributed by atoms with Crippen LogP contribution in [0, 0.1) is 19.8 Å². The number of aliphatic imine (C=N–C) groups is 1. The molecule has 1 aliphatic rings. The first-order valence-electron chi connectivity index (χ1n) is 7.03. The Morgan fingerprint density at radius 3 is 2.70 bits per heavy atom. The summed E-state index contributed by atoms with van der Waals surface area (Å²) >= 11 is 0. The molecule has 1 aliphatic heterocycles. The number of aryl methyl sites for hydroxylation is 2. The molecule has 0 amide bonds. The largest absolute Gasteiger partial charge is 0.370 e. The Labute approximate surface area is 138 Å². The highest BCUT2D eigenvalue weighted by molar-refractivity contribution is 14.0. The van der Waals surface area contributed by atoms with Gasteiger partial charge in [-0.1, -0.05) is 6.92 Å². The first-order chi connectivity index (χ1) is 8.99. The average Bonchev–Trinajstić information content (AvgIpc) is 2.61. The van der Waals surface area contributed by atoms with Gasteiger partial charge in [-0.15, -0.1) is 24.0 Å². The Balaban J connectivity index is 0.00000200. The molecule has 1 unspecified atom stereocenters. The van der Waals surface area contributed by atoms with Crippen LogP contribution in [0.1, 0.15) is 36.7 Å². The maximum Gasteiger partial charge on any atom is 0.191 e. The Kier molecular flexibility index (Phi) is 6.29. The molecule has 2 heterocycles. The highest BCUT2D eigenvalue weighted by Gasteiger charge is 2.18. The van der Waals surface area contributed by atoms with Gasteiger partial charge in [-0.3, -0.25) is 4.68 Å². The third-order valence-corrected chi connectivity index (χ3v) is 4.04. The van der Waals surface area contributed by atoms with Crippen LogP contribution in [0.5, 0.6) is 0 Å². The monoisotopic (exact) mass is 391 g/mol. The van der Waals surface area contributed by atoms with Gasteiger partial charge in [0.1, 0.15) is 0 Å². The van der Waals surface area contributed by atoms with Gasteiger partial charge in [-0.2, -0.15) is 5.10 Å². The van der Waals surface area contributed by atoms with Crippen LogP contribution in [0.3, 0.4) is 0 Å². The van der Waals surface area contributed by atoms with Crippen LogP contribution in [-0.4, -0.2) is 33.7 Å². The maximum absolute atomic E-state index is 6.11. The molecule has 1 aromatic rings. The number of nitrogens with two attached hydrogens (primary N) is 1. The van der Waals surface area contributed by atoms with Crippen molar-refractivity contribution in [2.24, 2.45) is 23.7 Å². The fourth-order valence-corrected chi connectivity index (χ4v) is 2.70. The van der Waals surface area contributed by atoms with Crippen molar-refractivity contribution in [3.63, 3.8) is 0 Å². The maximum atomic E-state index is 6.11. The Bertz CT molecular complexity index is 480. The molecule has 6 heteroatoms. The summed E-state index contributed by atoms with van der Waals surface area (Å²) in [5.74, 6) is 1.39. The standard InChI is InChI=1S/C14H25N5.HI/c1-10-6-5-7-19(9-10)14(15)16-8-13-11(2)17-18(4)12(13)3;/h10H,5-9H2,1-4H3,(H2,15,16);1H. The number of halogens is 1. The van der Waals surface area contributed by atoms with Crippen molar-refractivity contribution >= 4 is 29.9 Å². The predicted octanol–water partition coefficient (Wildman–Crippen LogP) is 2.20. The number of likely N-dealkylation sites (tertiary alicyclic amines) is 1. The number of nitrogens with zero attached hydrogens (tertiary/aromatic N) is 4. The van der Waals surface area contributed by atoms with Gasteiger partial charge in [0, 0.05) is 31.4 Å². The van der Waals surface area contributed by atoms with Crippen molar-refractivity contribution in [3.8, 4) is 0 Å². The summed E-state index contributed by atoms with van der Waals surface area (Å²) in [6.45, 7) is 9.06. The second-order valence-corrected chi connectivity index (χ2v) is 5.64. The molecule has 0 aliphatic carbocycles. The van der Waals surface area contributed by atoms with E-state index in [1.54, 1.807) is 0 Å². The van der Waals surface area contributed by atoms with Crippen LogP contribution >= 0.6 is 24.0 Å². The fraction of sp³-hybridized carbons (Fsp3) is 0.714. The number of piperidine rings is 1. The molecule has 2 rings (SSSR count). The molecular weight excluding hydrogens is 365 g/mol. The van der Waals surface area contributed by atoms with Crippen LogP contribution in [0.4, 0.5) is 0 Å². The third-order valence-electron chi connectivity index (χ3n) is 4.04. The minimum atomic E-state index is 0. The summed E-state index contributed by atoms with van der Waals surface area (Å²) in [7, 11) is 1.96. The van der Waals surface area contributed by atoms with Gasteiger partial charge in [-0.05, 0) is 32.6 Å². The van der Waals surface area contributed by atoms with Gasteiger partial charge in [-0.25, -0.2) is 4.99 Å². The average molecular weight is 391 g/mol. The van der Waals surface area contributed by atoms with E-state index in [-0.39, 0.29) is 24.0 Å². The lowest BCUT2D eigenvalue weighted by Gasteiger charge is -2.31. The van der Waals surface area contributed by atoms with Crippen molar-refractivity contribution in [1.82, 2.24) is 14.7 Å². The van der Waals surface area contributed by atoms with Crippen LogP contribution in [0.25, 0.3) is 0 Å². The summed E-state index contributed by atoms with van der Waals surface area (Å²) in [4.78, 5) is 6.76. The zero-order chi connectivity index (χ0) is 14.0. The topological polar surface area (TPSA) is 59.4 Å². The molecule has 114 valence electrons. The van der Waals surface area contributed by atoms with Gasteiger partial charge < -0.3 is 10.6 Å². The fourth-order valence-electron chi connectivity index (χ4n) is 2.70. The summed E-state index contributed by atoms with van der Waals surface area (Å²) in [6.07, 6.45) is 2.51. The van der Waals surface area contributed by atoms with Gasteiger partial charge >= 0.3 is 0 Å². The zero-order valence-corrected chi connectivity index (χ0v) is 15.2. The van der Waals surface area contributed by atoms with Crippen LogP contribution in [0.15, 0.2) is 4.99 Å². The van der Waals surface area contributed by atoms with Crippen LogP contribution in [-0.2, 0) is 13.6 Å². The van der Waals surface area contributed by atoms with Crippen molar-refractivity contribution in [3.05, 3.63) is 17.0 Å². The number of aromatic nitrogens is 2. The van der Waals surface area contributed by atoms with Gasteiger partial charge in [0.2, 0.25) is 0 Å². The Hall–Kier alpha value is -0.790. The van der Waals surface area contributed by atoms with Gasteiger partial charge in [0.05, 0.1) is 12.2 Å². The van der Waals surface area contributed by atoms with Crippen LogP contribution < -0.4 is 5.73 Å². The highest BCUT2D eigenvalue weighted by atomic mass is 127. The molecule has 1 fully saturated rings. The van der Waals surface area contributed by atoms with E-state index in [9.17, 15) is 0 Å². The molecule has 0 saturated carbocycles.